The number of amides is 1. The highest BCUT2D eigenvalue weighted by atomic mass is 35.5. The second-order valence-corrected chi connectivity index (χ2v) is 8.10. The van der Waals surface area contributed by atoms with Crippen molar-refractivity contribution in [2.24, 2.45) is 14.1 Å². The lowest BCUT2D eigenvalue weighted by atomic mass is 10.1. The van der Waals surface area contributed by atoms with Crippen molar-refractivity contribution in [3.63, 3.8) is 0 Å². The average Bonchev–Trinajstić information content (AvgIpc) is 3.13. The van der Waals surface area contributed by atoms with E-state index in [2.05, 4.69) is 5.32 Å². The first kappa shape index (κ1) is 23.4. The van der Waals surface area contributed by atoms with Crippen LogP contribution in [0.15, 0.2) is 64.3 Å². The Labute approximate surface area is 195 Å². The van der Waals surface area contributed by atoms with E-state index in [4.69, 9.17) is 11.6 Å². The third kappa shape index (κ3) is 4.12. The van der Waals surface area contributed by atoms with Crippen LogP contribution >= 0.6 is 11.6 Å². The number of nitrogens with zero attached hydrogens (tertiary/aromatic N) is 3. The third-order valence-electron chi connectivity index (χ3n) is 5.40. The molecule has 176 valence electrons. The lowest BCUT2D eigenvalue weighted by molar-refractivity contribution is -0.137. The maximum Gasteiger partial charge on any atom is 0.416 e. The number of fused-ring (bicyclic) bond motifs is 1. The molecular weight excluding hydrogens is 473 g/mol. The van der Waals surface area contributed by atoms with E-state index in [-0.39, 0.29) is 21.7 Å². The van der Waals surface area contributed by atoms with Gasteiger partial charge in [0, 0.05) is 25.9 Å². The van der Waals surface area contributed by atoms with Crippen LogP contribution in [0.5, 0.6) is 0 Å². The summed E-state index contributed by atoms with van der Waals surface area (Å²) in [6, 6.07) is 11.5. The van der Waals surface area contributed by atoms with Gasteiger partial charge in [0.2, 0.25) is 5.91 Å². The van der Waals surface area contributed by atoms with Gasteiger partial charge in [0.05, 0.1) is 21.8 Å². The lowest BCUT2D eigenvalue weighted by Crippen LogP contribution is -2.40. The highest BCUT2D eigenvalue weighted by Crippen LogP contribution is 2.34. The van der Waals surface area contributed by atoms with Crippen molar-refractivity contribution in [2.45, 2.75) is 12.7 Å². The molecule has 1 amide bonds. The Balaban J connectivity index is 1.82. The number of aromatic nitrogens is 3. The number of anilines is 1. The zero-order valence-electron chi connectivity index (χ0n) is 18.0. The van der Waals surface area contributed by atoms with E-state index in [0.29, 0.717) is 5.56 Å². The zero-order chi connectivity index (χ0) is 24.8. The smallest absolute Gasteiger partial charge is 0.344 e. The molecule has 34 heavy (non-hydrogen) atoms. The summed E-state index contributed by atoms with van der Waals surface area (Å²) in [7, 11) is 2.94. The minimum Gasteiger partial charge on any atom is -0.344 e. The minimum absolute atomic E-state index is 0.0935. The summed E-state index contributed by atoms with van der Waals surface area (Å²) < 4.78 is 42.8. The molecule has 0 spiro atoms. The predicted octanol–water partition coefficient (Wildman–Crippen LogP) is 4.02. The number of hydrogen-bond donors (Lipinski definition) is 1. The number of carbonyl (C=O) groups is 1. The number of halogens is 4. The molecule has 0 saturated heterocycles. The monoisotopic (exact) mass is 490 g/mol. The summed E-state index contributed by atoms with van der Waals surface area (Å²) in [5.41, 5.74) is -0.796. The van der Waals surface area contributed by atoms with Gasteiger partial charge in [-0.2, -0.15) is 13.2 Å². The quantitative estimate of drug-likeness (QED) is 0.469. The van der Waals surface area contributed by atoms with Crippen LogP contribution in [0.3, 0.4) is 0 Å². The predicted molar refractivity (Wildman–Crippen MR) is 123 cm³/mol. The molecule has 2 aromatic heterocycles. The molecule has 4 rings (SSSR count). The maximum absolute atomic E-state index is 13.1. The van der Waals surface area contributed by atoms with Crippen molar-refractivity contribution in [3.8, 4) is 11.1 Å². The normalized spacial score (nSPS) is 11.7. The minimum atomic E-state index is -4.63. The Hall–Kier alpha value is -3.79. The van der Waals surface area contributed by atoms with Gasteiger partial charge in [-0.3, -0.25) is 18.7 Å². The van der Waals surface area contributed by atoms with E-state index in [0.717, 1.165) is 32.9 Å². The fourth-order valence-corrected chi connectivity index (χ4v) is 3.93. The van der Waals surface area contributed by atoms with Gasteiger partial charge in [0.15, 0.2) is 0 Å². The van der Waals surface area contributed by atoms with Crippen molar-refractivity contribution in [1.29, 1.82) is 0 Å². The summed E-state index contributed by atoms with van der Waals surface area (Å²) in [5, 5.41) is 2.24. The number of rotatable bonds is 4. The van der Waals surface area contributed by atoms with Gasteiger partial charge in [-0.15, -0.1) is 0 Å². The molecule has 7 nitrogen and oxygen atoms in total. The molecule has 0 saturated carbocycles. The van der Waals surface area contributed by atoms with E-state index < -0.39 is 35.4 Å². The molecule has 0 fully saturated rings. The number of alkyl halides is 3. The molecule has 2 aromatic carbocycles. The molecule has 0 aliphatic rings. The van der Waals surface area contributed by atoms with Crippen molar-refractivity contribution in [2.75, 3.05) is 5.32 Å². The zero-order valence-corrected chi connectivity index (χ0v) is 18.7. The standard InChI is InChI=1S/C23H18ClF3N4O3/c1-29-11-15(13-6-4-3-5-7-13)19-20(29)21(33)30(2)22(34)31(19)12-18(32)28-17-10-14(23(25,26)27)8-9-16(17)24/h3-11H,12H2,1-2H3,(H,28,32). The van der Waals surface area contributed by atoms with E-state index in [1.165, 1.54) is 7.05 Å². The fourth-order valence-electron chi connectivity index (χ4n) is 3.77. The Morgan fingerprint density at radius 1 is 1.03 bits per heavy atom. The largest absolute Gasteiger partial charge is 0.416 e. The Kier molecular flexibility index (Phi) is 5.86. The van der Waals surface area contributed by atoms with Crippen LogP contribution in [-0.2, 0) is 31.6 Å². The summed E-state index contributed by atoms with van der Waals surface area (Å²) in [5.74, 6) is -0.786. The van der Waals surface area contributed by atoms with E-state index in [9.17, 15) is 27.6 Å². The first-order valence-electron chi connectivity index (χ1n) is 10.00. The number of carbonyl (C=O) groups excluding carboxylic acids is 1. The molecule has 0 bridgehead atoms. The molecule has 0 radical (unpaired) electrons. The summed E-state index contributed by atoms with van der Waals surface area (Å²) in [6.45, 7) is -0.556. The molecule has 0 aliphatic heterocycles. The maximum atomic E-state index is 13.1. The Morgan fingerprint density at radius 3 is 2.35 bits per heavy atom. The first-order chi connectivity index (χ1) is 16.0. The van der Waals surface area contributed by atoms with Gasteiger partial charge in [-0.05, 0) is 23.8 Å². The highest BCUT2D eigenvalue weighted by Gasteiger charge is 2.31. The van der Waals surface area contributed by atoms with E-state index in [1.54, 1.807) is 42.1 Å². The van der Waals surface area contributed by atoms with Gasteiger partial charge in [0.1, 0.15) is 12.1 Å². The second-order valence-electron chi connectivity index (χ2n) is 7.69. The van der Waals surface area contributed by atoms with Crippen LogP contribution in [0.4, 0.5) is 18.9 Å². The molecule has 4 aromatic rings. The Bertz CT molecular complexity index is 1540. The number of benzene rings is 2. The molecule has 2 heterocycles. The van der Waals surface area contributed by atoms with Crippen LogP contribution in [-0.4, -0.2) is 19.6 Å². The van der Waals surface area contributed by atoms with Gasteiger partial charge in [-0.25, -0.2) is 4.79 Å². The third-order valence-corrected chi connectivity index (χ3v) is 5.73. The summed E-state index contributed by atoms with van der Waals surface area (Å²) >= 11 is 5.97. The summed E-state index contributed by atoms with van der Waals surface area (Å²) in [4.78, 5) is 38.7. The molecule has 0 atom stereocenters. The van der Waals surface area contributed by atoms with Gasteiger partial charge in [0.25, 0.3) is 5.56 Å². The SMILES string of the molecule is Cn1c(=O)c2c(c(-c3ccccc3)cn2C)n(CC(=O)Nc2cc(C(F)(F)F)ccc2Cl)c1=O. The Morgan fingerprint density at radius 2 is 1.71 bits per heavy atom. The first-order valence-corrected chi connectivity index (χ1v) is 10.4. The number of aryl methyl sites for hydroxylation is 1. The van der Waals surface area contributed by atoms with Gasteiger partial charge >= 0.3 is 11.9 Å². The molecule has 0 unspecified atom stereocenters. The van der Waals surface area contributed by atoms with E-state index >= 15 is 0 Å². The molecular formula is C23H18ClF3N4O3. The van der Waals surface area contributed by atoms with Crippen LogP contribution in [0.1, 0.15) is 5.56 Å². The second kappa shape index (κ2) is 8.53. The molecule has 0 aliphatic carbocycles. The van der Waals surface area contributed by atoms with Crippen LogP contribution in [0, 0.1) is 0 Å². The number of hydrogen-bond acceptors (Lipinski definition) is 3. The van der Waals surface area contributed by atoms with Crippen molar-refractivity contribution >= 4 is 34.2 Å². The van der Waals surface area contributed by atoms with Gasteiger partial charge < -0.3 is 9.88 Å². The molecule has 11 heteroatoms. The van der Waals surface area contributed by atoms with Crippen molar-refractivity contribution in [3.05, 3.63) is 86.2 Å². The molecule has 1 N–H and O–H groups in total. The topological polar surface area (TPSA) is 78.0 Å². The fraction of sp³-hybridized carbons (Fsp3) is 0.174. The van der Waals surface area contributed by atoms with Gasteiger partial charge in [-0.1, -0.05) is 41.9 Å². The van der Waals surface area contributed by atoms with Crippen LogP contribution in [0.25, 0.3) is 22.2 Å². The van der Waals surface area contributed by atoms with Crippen molar-refractivity contribution in [1.82, 2.24) is 13.7 Å². The highest BCUT2D eigenvalue weighted by molar-refractivity contribution is 6.33. The lowest BCUT2D eigenvalue weighted by Gasteiger charge is -2.14. The number of nitrogens with one attached hydrogen (secondary N) is 1. The van der Waals surface area contributed by atoms with Crippen LogP contribution < -0.4 is 16.6 Å². The van der Waals surface area contributed by atoms with Crippen LogP contribution in [0.2, 0.25) is 5.02 Å². The van der Waals surface area contributed by atoms with Crippen molar-refractivity contribution < 1.29 is 18.0 Å². The average molecular weight is 491 g/mol. The summed E-state index contributed by atoms with van der Waals surface area (Å²) in [6.07, 6.45) is -2.95. The van der Waals surface area contributed by atoms with E-state index in [1.807, 2.05) is 6.07 Å².